The molecule has 4 aromatic rings. The number of ether oxygens (including phenoxy) is 1. The summed E-state index contributed by atoms with van der Waals surface area (Å²) in [5.74, 6) is -1.27. The third kappa shape index (κ3) is 5.07. The maximum absolute atomic E-state index is 13.1. The van der Waals surface area contributed by atoms with Crippen molar-refractivity contribution >= 4 is 63.6 Å². The molecule has 1 aliphatic heterocycles. The zero-order valence-corrected chi connectivity index (χ0v) is 21.1. The Kier molecular flexibility index (Phi) is 6.70. The number of hydrogen-bond acceptors (Lipinski definition) is 4. The molecule has 0 bridgehead atoms. The minimum atomic E-state index is -0.815. The van der Waals surface area contributed by atoms with Crippen LogP contribution in [-0.2, 0) is 16.2 Å². The van der Waals surface area contributed by atoms with E-state index in [1.165, 1.54) is 6.08 Å². The Balaban J connectivity index is 1.39. The monoisotopic (exact) mass is 530 g/mol. The van der Waals surface area contributed by atoms with E-state index < -0.39 is 17.8 Å². The average Bonchev–Trinajstić information content (AvgIpc) is 2.87. The number of nitrogens with one attached hydrogen (secondary N) is 1. The lowest BCUT2D eigenvalue weighted by Gasteiger charge is -2.26. The number of halogens is 2. The van der Waals surface area contributed by atoms with Crippen LogP contribution in [0.5, 0.6) is 5.75 Å². The van der Waals surface area contributed by atoms with E-state index in [0.29, 0.717) is 11.3 Å². The summed E-state index contributed by atoms with van der Waals surface area (Å²) >= 11 is 12.9. The number of benzene rings is 4. The maximum Gasteiger partial charge on any atom is 0.335 e. The van der Waals surface area contributed by atoms with Crippen LogP contribution in [0.2, 0.25) is 10.0 Å². The molecule has 1 N–H and O–H groups in total. The van der Waals surface area contributed by atoms with Crippen molar-refractivity contribution in [2.45, 2.75) is 13.5 Å². The Morgan fingerprint density at radius 3 is 2.24 bits per heavy atom. The maximum atomic E-state index is 13.1. The van der Waals surface area contributed by atoms with Gasteiger partial charge in [-0.15, -0.1) is 0 Å². The molecule has 0 atom stereocenters. The number of carbonyl (C=O) groups is 3. The Labute approximate surface area is 223 Å². The van der Waals surface area contributed by atoms with Gasteiger partial charge in [-0.3, -0.25) is 14.9 Å². The van der Waals surface area contributed by atoms with Gasteiger partial charge in [0.2, 0.25) is 0 Å². The van der Waals surface area contributed by atoms with Gasteiger partial charge in [-0.05, 0) is 65.2 Å². The van der Waals surface area contributed by atoms with Crippen LogP contribution in [0, 0.1) is 6.92 Å². The van der Waals surface area contributed by atoms with Crippen molar-refractivity contribution in [1.82, 2.24) is 5.32 Å². The predicted octanol–water partition coefficient (Wildman–Crippen LogP) is 6.70. The summed E-state index contributed by atoms with van der Waals surface area (Å²) in [6, 6.07) is 23.1. The standard InChI is InChI=1S/C29H20Cl2N2O4/c1-17-6-10-22(11-7-17)33-28(35)23(27(34)32-29(33)36)13-19-14-24(30)26(25(31)15-19)37-16-18-8-9-20-4-2-3-5-21(20)12-18/h2-15H,16H2,1H3,(H,32,34,36)/b23-13+. The fraction of sp³-hybridized carbons (Fsp3) is 0.0690. The van der Waals surface area contributed by atoms with Gasteiger partial charge in [-0.1, -0.05) is 77.3 Å². The average molecular weight is 531 g/mol. The van der Waals surface area contributed by atoms with Crippen LogP contribution < -0.4 is 15.0 Å². The van der Waals surface area contributed by atoms with E-state index >= 15 is 0 Å². The van der Waals surface area contributed by atoms with E-state index in [4.69, 9.17) is 27.9 Å². The van der Waals surface area contributed by atoms with Crippen LogP contribution in [0.25, 0.3) is 16.8 Å². The summed E-state index contributed by atoms with van der Waals surface area (Å²) in [5, 5.41) is 4.86. The second-order valence-corrected chi connectivity index (χ2v) is 9.39. The van der Waals surface area contributed by atoms with Crippen molar-refractivity contribution in [1.29, 1.82) is 0 Å². The van der Waals surface area contributed by atoms with Gasteiger partial charge >= 0.3 is 6.03 Å². The topological polar surface area (TPSA) is 75.7 Å². The summed E-state index contributed by atoms with van der Waals surface area (Å²) in [6.07, 6.45) is 1.34. The Morgan fingerprint density at radius 1 is 0.865 bits per heavy atom. The molecule has 4 amide bonds. The van der Waals surface area contributed by atoms with Gasteiger partial charge in [0.25, 0.3) is 11.8 Å². The molecule has 5 rings (SSSR count). The van der Waals surface area contributed by atoms with E-state index in [2.05, 4.69) is 5.32 Å². The van der Waals surface area contributed by atoms with Crippen molar-refractivity contribution in [3.63, 3.8) is 0 Å². The quantitative estimate of drug-likeness (QED) is 0.230. The molecule has 1 aliphatic rings. The van der Waals surface area contributed by atoms with E-state index in [0.717, 1.165) is 26.8 Å². The lowest BCUT2D eigenvalue weighted by molar-refractivity contribution is -0.122. The molecule has 0 aromatic heterocycles. The largest absolute Gasteiger partial charge is 0.486 e. The molecule has 0 saturated carbocycles. The van der Waals surface area contributed by atoms with Crippen LogP contribution in [0.4, 0.5) is 10.5 Å². The van der Waals surface area contributed by atoms with Gasteiger partial charge in [0.15, 0.2) is 5.75 Å². The summed E-state index contributed by atoms with van der Waals surface area (Å²) < 4.78 is 5.90. The first-order valence-corrected chi connectivity index (χ1v) is 12.1. The molecule has 6 nitrogen and oxygen atoms in total. The number of aryl methyl sites for hydroxylation is 1. The highest BCUT2D eigenvalue weighted by Crippen LogP contribution is 2.36. The number of imide groups is 2. The number of barbiturate groups is 1. The number of hydrogen-bond donors (Lipinski definition) is 1. The molecule has 0 aliphatic carbocycles. The SMILES string of the molecule is Cc1ccc(N2C(=O)NC(=O)/C(=C\c3cc(Cl)c(OCc4ccc5ccccc5c4)c(Cl)c3)C2=O)cc1. The molecule has 1 fully saturated rings. The van der Waals surface area contributed by atoms with Crippen LogP contribution in [-0.4, -0.2) is 17.8 Å². The molecule has 37 heavy (non-hydrogen) atoms. The first kappa shape index (κ1) is 24.6. The Bertz CT molecular complexity index is 1570. The fourth-order valence-corrected chi connectivity index (χ4v) is 4.65. The lowest BCUT2D eigenvalue weighted by Crippen LogP contribution is -2.54. The first-order valence-electron chi connectivity index (χ1n) is 11.4. The van der Waals surface area contributed by atoms with Gasteiger partial charge in [0.1, 0.15) is 12.2 Å². The molecule has 1 heterocycles. The second kappa shape index (κ2) is 10.1. The number of rotatable bonds is 5. The third-order valence-corrected chi connectivity index (χ3v) is 6.48. The van der Waals surface area contributed by atoms with Crippen LogP contribution in [0.15, 0.2) is 84.4 Å². The summed E-state index contributed by atoms with van der Waals surface area (Å²) in [7, 11) is 0. The van der Waals surface area contributed by atoms with E-state index in [1.54, 1.807) is 36.4 Å². The number of carbonyl (C=O) groups excluding carboxylic acids is 3. The molecule has 184 valence electrons. The number of anilines is 1. The Hall–Kier alpha value is -4.13. The highest BCUT2D eigenvalue weighted by molar-refractivity contribution is 6.40. The van der Waals surface area contributed by atoms with E-state index in [1.807, 2.05) is 49.4 Å². The van der Waals surface area contributed by atoms with Crippen molar-refractivity contribution in [3.8, 4) is 5.75 Å². The summed E-state index contributed by atoms with van der Waals surface area (Å²) in [6.45, 7) is 2.14. The van der Waals surface area contributed by atoms with Gasteiger partial charge in [0.05, 0.1) is 15.7 Å². The van der Waals surface area contributed by atoms with Gasteiger partial charge in [-0.2, -0.15) is 0 Å². The number of fused-ring (bicyclic) bond motifs is 1. The van der Waals surface area contributed by atoms with E-state index in [-0.39, 0.29) is 28.0 Å². The second-order valence-electron chi connectivity index (χ2n) is 8.58. The van der Waals surface area contributed by atoms with Gasteiger partial charge < -0.3 is 4.74 Å². The molecular formula is C29H20Cl2N2O4. The number of amides is 4. The number of nitrogens with zero attached hydrogens (tertiary/aromatic N) is 1. The third-order valence-electron chi connectivity index (χ3n) is 5.92. The molecule has 0 radical (unpaired) electrons. The van der Waals surface area contributed by atoms with Gasteiger partial charge in [0, 0.05) is 0 Å². The highest BCUT2D eigenvalue weighted by Gasteiger charge is 2.36. The van der Waals surface area contributed by atoms with Crippen LogP contribution >= 0.6 is 23.2 Å². The van der Waals surface area contributed by atoms with Crippen molar-refractivity contribution < 1.29 is 19.1 Å². The highest BCUT2D eigenvalue weighted by atomic mass is 35.5. The van der Waals surface area contributed by atoms with Crippen LogP contribution in [0.1, 0.15) is 16.7 Å². The summed E-state index contributed by atoms with van der Waals surface area (Å²) in [4.78, 5) is 38.9. The molecule has 0 unspecified atom stereocenters. The van der Waals surface area contributed by atoms with Crippen molar-refractivity contribution in [3.05, 3.63) is 111 Å². The molecule has 0 spiro atoms. The van der Waals surface area contributed by atoms with Crippen LogP contribution in [0.3, 0.4) is 0 Å². The molecule has 1 saturated heterocycles. The molecular weight excluding hydrogens is 511 g/mol. The lowest BCUT2D eigenvalue weighted by atomic mass is 10.1. The van der Waals surface area contributed by atoms with Crippen molar-refractivity contribution in [2.75, 3.05) is 4.90 Å². The minimum absolute atomic E-state index is 0.218. The predicted molar refractivity (Wildman–Crippen MR) is 145 cm³/mol. The smallest absolute Gasteiger partial charge is 0.335 e. The number of urea groups is 1. The van der Waals surface area contributed by atoms with Gasteiger partial charge in [-0.25, -0.2) is 9.69 Å². The molecule has 8 heteroatoms. The fourth-order valence-electron chi connectivity index (χ4n) is 4.04. The minimum Gasteiger partial charge on any atom is -0.486 e. The zero-order valence-electron chi connectivity index (χ0n) is 19.6. The summed E-state index contributed by atoms with van der Waals surface area (Å²) in [5.41, 5.74) is 2.44. The first-order chi connectivity index (χ1) is 17.8. The normalized spacial score (nSPS) is 14.8. The zero-order chi connectivity index (χ0) is 26.1. The van der Waals surface area contributed by atoms with Crippen molar-refractivity contribution in [2.24, 2.45) is 0 Å². The van der Waals surface area contributed by atoms with E-state index in [9.17, 15) is 14.4 Å². The Morgan fingerprint density at radius 2 is 1.54 bits per heavy atom. The molecule has 4 aromatic carbocycles.